The number of nitro groups is 1. The SMILES string of the molecule is O=[N+]([O-])c1ccn([C@H]2C[C@@H](O)C2)n1. The Morgan fingerprint density at radius 3 is 2.85 bits per heavy atom. The van der Waals surface area contributed by atoms with Crippen molar-refractivity contribution in [1.82, 2.24) is 9.78 Å². The van der Waals surface area contributed by atoms with E-state index in [-0.39, 0.29) is 18.0 Å². The first-order valence-corrected chi connectivity index (χ1v) is 4.04. The van der Waals surface area contributed by atoms with Gasteiger partial charge in [-0.1, -0.05) is 0 Å². The van der Waals surface area contributed by atoms with Crippen molar-refractivity contribution < 1.29 is 10.0 Å². The van der Waals surface area contributed by atoms with Crippen molar-refractivity contribution in [3.63, 3.8) is 0 Å². The molecule has 0 atom stereocenters. The van der Waals surface area contributed by atoms with Crippen LogP contribution in [0.4, 0.5) is 5.82 Å². The van der Waals surface area contributed by atoms with Crippen LogP contribution in [-0.4, -0.2) is 25.9 Å². The Hall–Kier alpha value is -1.43. The summed E-state index contributed by atoms with van der Waals surface area (Å²) in [6.07, 6.45) is 2.58. The zero-order valence-electron chi connectivity index (χ0n) is 6.83. The molecule has 2 rings (SSSR count). The first-order chi connectivity index (χ1) is 6.16. The van der Waals surface area contributed by atoms with Crippen molar-refractivity contribution in [2.75, 3.05) is 0 Å². The summed E-state index contributed by atoms with van der Waals surface area (Å²) in [6, 6.07) is 1.49. The molecule has 0 spiro atoms. The van der Waals surface area contributed by atoms with Crippen LogP contribution in [0.3, 0.4) is 0 Å². The summed E-state index contributed by atoms with van der Waals surface area (Å²) in [5, 5.41) is 23.1. The van der Waals surface area contributed by atoms with Crippen molar-refractivity contribution in [1.29, 1.82) is 0 Å². The lowest BCUT2D eigenvalue weighted by Gasteiger charge is -2.29. The molecule has 1 N–H and O–H groups in total. The highest BCUT2D eigenvalue weighted by molar-refractivity contribution is 5.14. The zero-order chi connectivity index (χ0) is 9.42. The monoisotopic (exact) mass is 183 g/mol. The minimum absolute atomic E-state index is 0.128. The van der Waals surface area contributed by atoms with Crippen LogP contribution >= 0.6 is 0 Å². The molecule has 0 aromatic carbocycles. The summed E-state index contributed by atoms with van der Waals surface area (Å²) >= 11 is 0. The van der Waals surface area contributed by atoms with Gasteiger partial charge in [-0.25, -0.2) is 0 Å². The Kier molecular flexibility index (Phi) is 1.77. The molecule has 1 aliphatic carbocycles. The summed E-state index contributed by atoms with van der Waals surface area (Å²) in [7, 11) is 0. The van der Waals surface area contributed by atoms with E-state index in [1.54, 1.807) is 10.9 Å². The number of aromatic nitrogens is 2. The van der Waals surface area contributed by atoms with E-state index in [0.717, 1.165) is 0 Å². The molecule has 6 heteroatoms. The highest BCUT2D eigenvalue weighted by atomic mass is 16.6. The number of nitrogens with zero attached hydrogens (tertiary/aromatic N) is 3. The van der Waals surface area contributed by atoms with Gasteiger partial charge in [0.1, 0.15) is 0 Å². The van der Waals surface area contributed by atoms with Gasteiger partial charge in [0.25, 0.3) is 0 Å². The Bertz CT molecular complexity index is 329. The van der Waals surface area contributed by atoms with Crippen LogP contribution in [0, 0.1) is 10.1 Å². The molecule has 0 unspecified atom stereocenters. The summed E-state index contributed by atoms with van der Waals surface area (Å²) in [6.45, 7) is 0. The molecule has 0 saturated heterocycles. The van der Waals surface area contributed by atoms with Gasteiger partial charge in [-0.3, -0.25) is 0 Å². The van der Waals surface area contributed by atoms with Crippen LogP contribution in [0.15, 0.2) is 12.3 Å². The van der Waals surface area contributed by atoms with E-state index in [9.17, 15) is 10.1 Å². The summed E-state index contributed by atoms with van der Waals surface area (Å²) in [5.74, 6) is -0.138. The van der Waals surface area contributed by atoms with Gasteiger partial charge in [-0.2, -0.15) is 4.68 Å². The van der Waals surface area contributed by atoms with E-state index in [2.05, 4.69) is 5.10 Å². The Morgan fingerprint density at radius 1 is 1.69 bits per heavy atom. The van der Waals surface area contributed by atoms with Crippen molar-refractivity contribution >= 4 is 5.82 Å². The summed E-state index contributed by atoms with van der Waals surface area (Å²) in [5.41, 5.74) is 0. The third kappa shape index (κ3) is 1.40. The second-order valence-corrected chi connectivity index (χ2v) is 3.19. The Morgan fingerprint density at radius 2 is 2.38 bits per heavy atom. The minimum atomic E-state index is -0.522. The molecular formula is C7H9N3O3. The van der Waals surface area contributed by atoms with Crippen molar-refractivity contribution in [3.8, 4) is 0 Å². The maximum atomic E-state index is 10.3. The molecule has 1 fully saturated rings. The molecule has 1 aromatic heterocycles. The average molecular weight is 183 g/mol. The molecular weight excluding hydrogens is 174 g/mol. The van der Waals surface area contributed by atoms with E-state index in [4.69, 9.17) is 5.11 Å². The number of hydrogen-bond acceptors (Lipinski definition) is 4. The lowest BCUT2D eigenvalue weighted by molar-refractivity contribution is -0.389. The Labute approximate surface area is 73.9 Å². The first-order valence-electron chi connectivity index (χ1n) is 4.04. The van der Waals surface area contributed by atoms with Gasteiger partial charge >= 0.3 is 5.82 Å². The number of aliphatic hydroxyl groups is 1. The minimum Gasteiger partial charge on any atom is -0.393 e. The van der Waals surface area contributed by atoms with Crippen LogP contribution in [0.1, 0.15) is 18.9 Å². The fraction of sp³-hybridized carbons (Fsp3) is 0.571. The molecule has 0 amide bonds. The molecule has 70 valence electrons. The van der Waals surface area contributed by atoms with Crippen molar-refractivity contribution in [2.45, 2.75) is 25.0 Å². The quantitative estimate of drug-likeness (QED) is 0.534. The third-order valence-corrected chi connectivity index (χ3v) is 2.24. The van der Waals surface area contributed by atoms with Crippen molar-refractivity contribution in [2.24, 2.45) is 0 Å². The molecule has 0 bridgehead atoms. The number of aliphatic hydroxyl groups excluding tert-OH is 1. The molecule has 1 aliphatic rings. The van der Waals surface area contributed by atoms with Crippen LogP contribution < -0.4 is 0 Å². The van der Waals surface area contributed by atoms with Gasteiger partial charge < -0.3 is 15.2 Å². The zero-order valence-corrected chi connectivity index (χ0v) is 6.83. The van der Waals surface area contributed by atoms with Gasteiger partial charge in [0.15, 0.2) is 0 Å². The first kappa shape index (κ1) is 8.18. The van der Waals surface area contributed by atoms with Crippen LogP contribution in [0.2, 0.25) is 0 Å². The maximum Gasteiger partial charge on any atom is 0.389 e. The van der Waals surface area contributed by atoms with Gasteiger partial charge in [-0.05, 0) is 17.8 Å². The topological polar surface area (TPSA) is 81.2 Å². The van der Waals surface area contributed by atoms with Crippen LogP contribution in [0.5, 0.6) is 0 Å². The predicted molar refractivity (Wildman–Crippen MR) is 43.2 cm³/mol. The molecule has 1 aromatic rings. The second kappa shape index (κ2) is 2.81. The van der Waals surface area contributed by atoms with E-state index >= 15 is 0 Å². The van der Waals surface area contributed by atoms with E-state index in [0.29, 0.717) is 12.8 Å². The second-order valence-electron chi connectivity index (χ2n) is 3.19. The molecule has 1 saturated carbocycles. The smallest absolute Gasteiger partial charge is 0.389 e. The third-order valence-electron chi connectivity index (χ3n) is 2.24. The normalized spacial score (nSPS) is 26.8. The molecule has 6 nitrogen and oxygen atoms in total. The summed E-state index contributed by atoms with van der Waals surface area (Å²) < 4.78 is 1.55. The van der Waals surface area contributed by atoms with Crippen molar-refractivity contribution in [3.05, 3.63) is 22.4 Å². The number of rotatable bonds is 2. The average Bonchev–Trinajstić information content (AvgIpc) is 2.46. The molecule has 0 aliphatic heterocycles. The Balaban J connectivity index is 2.10. The lowest BCUT2D eigenvalue weighted by Crippen LogP contribution is -2.31. The van der Waals surface area contributed by atoms with Gasteiger partial charge in [0.2, 0.25) is 0 Å². The van der Waals surface area contributed by atoms with Gasteiger partial charge in [0, 0.05) is 0 Å². The van der Waals surface area contributed by atoms with E-state index in [1.165, 1.54) is 6.07 Å². The largest absolute Gasteiger partial charge is 0.393 e. The number of hydrogen-bond donors (Lipinski definition) is 1. The fourth-order valence-electron chi connectivity index (χ4n) is 1.40. The highest BCUT2D eigenvalue weighted by Crippen LogP contribution is 2.31. The maximum absolute atomic E-state index is 10.3. The summed E-state index contributed by atoms with van der Waals surface area (Å²) in [4.78, 5) is 9.77. The van der Waals surface area contributed by atoms with Gasteiger partial charge in [-0.15, -0.1) is 0 Å². The van der Waals surface area contributed by atoms with Crippen LogP contribution in [-0.2, 0) is 0 Å². The molecule has 13 heavy (non-hydrogen) atoms. The van der Waals surface area contributed by atoms with E-state index in [1.807, 2.05) is 0 Å². The molecule has 0 radical (unpaired) electrons. The lowest BCUT2D eigenvalue weighted by atomic mass is 9.90. The van der Waals surface area contributed by atoms with Crippen LogP contribution in [0.25, 0.3) is 0 Å². The standard InChI is InChI=1S/C7H9N3O3/c11-6-3-5(4-6)9-2-1-7(8-9)10(12)13/h1-2,5-6,11H,3-4H2/t5-,6+. The highest BCUT2D eigenvalue weighted by Gasteiger charge is 2.31. The molecule has 1 heterocycles. The van der Waals surface area contributed by atoms with E-state index < -0.39 is 4.92 Å². The fourth-order valence-corrected chi connectivity index (χ4v) is 1.40. The predicted octanol–water partition coefficient (Wildman–Crippen LogP) is 0.487. The van der Waals surface area contributed by atoms with Gasteiger partial charge in [0.05, 0.1) is 29.5 Å².